The Balaban J connectivity index is 1.61. The van der Waals surface area contributed by atoms with E-state index in [1.165, 1.54) is 11.8 Å². The minimum atomic E-state index is -0.155. The van der Waals surface area contributed by atoms with Crippen molar-refractivity contribution in [3.05, 3.63) is 88.4 Å². The number of aromatic nitrogens is 3. The summed E-state index contributed by atoms with van der Waals surface area (Å²) in [7, 11) is 0. The van der Waals surface area contributed by atoms with E-state index in [0.717, 1.165) is 16.8 Å². The molecule has 0 aliphatic rings. The summed E-state index contributed by atoms with van der Waals surface area (Å²) >= 11 is 13.8. The van der Waals surface area contributed by atoms with Gasteiger partial charge in [0.1, 0.15) is 0 Å². The maximum absolute atomic E-state index is 12.6. The third-order valence-electron chi connectivity index (χ3n) is 4.57. The van der Waals surface area contributed by atoms with Gasteiger partial charge in [0, 0.05) is 22.0 Å². The average molecular weight is 469 g/mol. The summed E-state index contributed by atoms with van der Waals surface area (Å²) < 4.78 is 1.91. The van der Waals surface area contributed by atoms with Crippen molar-refractivity contribution in [2.75, 3.05) is 11.1 Å². The molecule has 8 heteroatoms. The Labute approximate surface area is 194 Å². The van der Waals surface area contributed by atoms with E-state index in [4.69, 9.17) is 23.2 Å². The number of thioether (sulfide) groups is 1. The molecule has 0 saturated carbocycles. The molecule has 3 aromatic carbocycles. The van der Waals surface area contributed by atoms with Crippen LogP contribution in [0.5, 0.6) is 0 Å². The van der Waals surface area contributed by atoms with E-state index in [1.807, 2.05) is 72.2 Å². The van der Waals surface area contributed by atoms with Crippen LogP contribution in [0.1, 0.15) is 5.56 Å². The van der Waals surface area contributed by atoms with E-state index < -0.39 is 0 Å². The topological polar surface area (TPSA) is 59.8 Å². The number of rotatable bonds is 6. The predicted octanol–water partition coefficient (Wildman–Crippen LogP) is 6.28. The molecule has 0 spiro atoms. The summed E-state index contributed by atoms with van der Waals surface area (Å²) in [5.74, 6) is 0.627. The SMILES string of the molecule is Cc1ccc(Cl)cc1NC(=O)CSc1nnc(-c2ccccc2Cl)n1-c1ccccc1. The highest BCUT2D eigenvalue weighted by molar-refractivity contribution is 7.99. The second-order valence-electron chi connectivity index (χ2n) is 6.75. The van der Waals surface area contributed by atoms with Crippen LogP contribution in [0.2, 0.25) is 10.0 Å². The lowest BCUT2D eigenvalue weighted by Crippen LogP contribution is -2.15. The average Bonchev–Trinajstić information content (AvgIpc) is 3.19. The maximum Gasteiger partial charge on any atom is 0.234 e. The molecule has 0 fully saturated rings. The fraction of sp³-hybridized carbons (Fsp3) is 0.0870. The third kappa shape index (κ3) is 4.93. The fourth-order valence-corrected chi connectivity index (χ4v) is 4.18. The highest BCUT2D eigenvalue weighted by Gasteiger charge is 2.19. The number of para-hydroxylation sites is 1. The van der Waals surface area contributed by atoms with Gasteiger partial charge in [0.15, 0.2) is 11.0 Å². The lowest BCUT2D eigenvalue weighted by molar-refractivity contribution is -0.113. The van der Waals surface area contributed by atoms with Gasteiger partial charge in [-0.2, -0.15) is 0 Å². The Morgan fingerprint density at radius 1 is 1.00 bits per heavy atom. The van der Waals surface area contributed by atoms with Crippen LogP contribution in [0.3, 0.4) is 0 Å². The Bertz CT molecular complexity index is 1230. The summed E-state index contributed by atoms with van der Waals surface area (Å²) in [6.07, 6.45) is 0. The van der Waals surface area contributed by atoms with E-state index in [2.05, 4.69) is 15.5 Å². The van der Waals surface area contributed by atoms with Crippen molar-refractivity contribution in [1.29, 1.82) is 0 Å². The number of carbonyl (C=O) groups excluding carboxylic acids is 1. The minimum absolute atomic E-state index is 0.155. The van der Waals surface area contributed by atoms with Gasteiger partial charge >= 0.3 is 0 Å². The van der Waals surface area contributed by atoms with Gasteiger partial charge in [-0.05, 0) is 48.9 Å². The number of halogens is 2. The van der Waals surface area contributed by atoms with Crippen molar-refractivity contribution in [3.63, 3.8) is 0 Å². The summed E-state index contributed by atoms with van der Waals surface area (Å²) in [6, 6.07) is 22.6. The van der Waals surface area contributed by atoms with E-state index in [9.17, 15) is 4.79 Å². The van der Waals surface area contributed by atoms with Crippen LogP contribution in [0.4, 0.5) is 5.69 Å². The molecule has 156 valence electrons. The summed E-state index contributed by atoms with van der Waals surface area (Å²) in [4.78, 5) is 12.6. The van der Waals surface area contributed by atoms with Gasteiger partial charge in [0.05, 0.1) is 10.8 Å². The first-order valence-electron chi connectivity index (χ1n) is 9.47. The van der Waals surface area contributed by atoms with Crippen molar-refractivity contribution in [1.82, 2.24) is 14.8 Å². The lowest BCUT2D eigenvalue weighted by Gasteiger charge is -2.12. The van der Waals surface area contributed by atoms with E-state index in [-0.39, 0.29) is 11.7 Å². The lowest BCUT2D eigenvalue weighted by atomic mass is 10.2. The molecule has 0 atom stereocenters. The van der Waals surface area contributed by atoms with E-state index >= 15 is 0 Å². The maximum atomic E-state index is 12.6. The number of nitrogens with zero attached hydrogens (tertiary/aromatic N) is 3. The Kier molecular flexibility index (Phi) is 6.61. The van der Waals surface area contributed by atoms with Crippen molar-refractivity contribution >= 4 is 46.6 Å². The Morgan fingerprint density at radius 2 is 1.74 bits per heavy atom. The zero-order valence-corrected chi connectivity index (χ0v) is 18.9. The molecule has 0 bridgehead atoms. The first-order chi connectivity index (χ1) is 15.0. The molecule has 0 aliphatic carbocycles. The number of hydrogen-bond acceptors (Lipinski definition) is 4. The van der Waals surface area contributed by atoms with Crippen molar-refractivity contribution in [2.45, 2.75) is 12.1 Å². The molecule has 0 saturated heterocycles. The highest BCUT2D eigenvalue weighted by Crippen LogP contribution is 2.32. The molecule has 1 N–H and O–H groups in total. The molecular weight excluding hydrogens is 451 g/mol. The van der Waals surface area contributed by atoms with Crippen molar-refractivity contribution in [2.24, 2.45) is 0 Å². The number of nitrogens with one attached hydrogen (secondary N) is 1. The second-order valence-corrected chi connectivity index (χ2v) is 8.54. The largest absolute Gasteiger partial charge is 0.325 e. The zero-order chi connectivity index (χ0) is 21.8. The monoisotopic (exact) mass is 468 g/mol. The molecule has 0 radical (unpaired) electrons. The van der Waals surface area contributed by atoms with Crippen LogP contribution in [0, 0.1) is 6.92 Å². The molecule has 1 amide bonds. The van der Waals surface area contributed by atoms with Crippen LogP contribution < -0.4 is 5.32 Å². The zero-order valence-electron chi connectivity index (χ0n) is 16.5. The number of carbonyl (C=O) groups is 1. The molecule has 1 heterocycles. The van der Waals surface area contributed by atoms with Gasteiger partial charge in [-0.25, -0.2) is 0 Å². The van der Waals surface area contributed by atoms with Gasteiger partial charge in [-0.15, -0.1) is 10.2 Å². The van der Waals surface area contributed by atoms with Crippen LogP contribution in [-0.4, -0.2) is 26.4 Å². The summed E-state index contributed by atoms with van der Waals surface area (Å²) in [5.41, 5.74) is 3.29. The normalized spacial score (nSPS) is 10.8. The van der Waals surface area contributed by atoms with Crippen LogP contribution in [-0.2, 0) is 4.79 Å². The number of anilines is 1. The quantitative estimate of drug-likeness (QED) is 0.338. The van der Waals surface area contributed by atoms with Gasteiger partial charge in [0.2, 0.25) is 5.91 Å². The second kappa shape index (κ2) is 9.56. The highest BCUT2D eigenvalue weighted by atomic mass is 35.5. The van der Waals surface area contributed by atoms with Gasteiger partial charge in [-0.1, -0.05) is 71.4 Å². The van der Waals surface area contributed by atoms with Gasteiger partial charge in [0.25, 0.3) is 0 Å². The minimum Gasteiger partial charge on any atom is -0.325 e. The summed E-state index contributed by atoms with van der Waals surface area (Å²) in [5, 5.41) is 13.4. The molecule has 5 nitrogen and oxygen atoms in total. The van der Waals surface area contributed by atoms with Crippen molar-refractivity contribution < 1.29 is 4.79 Å². The van der Waals surface area contributed by atoms with E-state index in [0.29, 0.717) is 26.7 Å². The Hall–Kier alpha value is -2.80. The van der Waals surface area contributed by atoms with Crippen molar-refractivity contribution in [3.8, 4) is 17.1 Å². The molecule has 0 unspecified atom stereocenters. The molecule has 1 aromatic heterocycles. The van der Waals surface area contributed by atoms with Crippen LogP contribution in [0.15, 0.2) is 78.0 Å². The standard InChI is InChI=1S/C23H18Cl2N4OS/c1-15-11-12-16(24)13-20(15)26-21(30)14-31-23-28-27-22(18-9-5-6-10-19(18)25)29(23)17-7-3-2-4-8-17/h2-13H,14H2,1H3,(H,26,30). The smallest absolute Gasteiger partial charge is 0.234 e. The number of benzene rings is 3. The molecule has 31 heavy (non-hydrogen) atoms. The number of hydrogen-bond donors (Lipinski definition) is 1. The fourth-order valence-electron chi connectivity index (χ4n) is 3.04. The van der Waals surface area contributed by atoms with Crippen LogP contribution >= 0.6 is 35.0 Å². The summed E-state index contributed by atoms with van der Waals surface area (Å²) in [6.45, 7) is 1.92. The number of amides is 1. The van der Waals surface area contributed by atoms with Crippen LogP contribution in [0.25, 0.3) is 17.1 Å². The van der Waals surface area contributed by atoms with E-state index in [1.54, 1.807) is 12.1 Å². The first-order valence-corrected chi connectivity index (χ1v) is 11.2. The third-order valence-corrected chi connectivity index (χ3v) is 6.06. The molecule has 4 rings (SSSR count). The first kappa shape index (κ1) is 21.4. The van der Waals surface area contributed by atoms with Gasteiger partial charge in [-0.3, -0.25) is 9.36 Å². The predicted molar refractivity (Wildman–Crippen MR) is 127 cm³/mol. The molecule has 4 aromatic rings. The van der Waals surface area contributed by atoms with Gasteiger partial charge < -0.3 is 5.32 Å². The molecule has 0 aliphatic heterocycles. The Morgan fingerprint density at radius 3 is 2.52 bits per heavy atom. The molecular formula is C23H18Cl2N4OS. The number of aryl methyl sites for hydroxylation is 1.